The molecule has 0 aliphatic heterocycles. The van der Waals surface area contributed by atoms with Crippen molar-refractivity contribution in [3.8, 4) is 0 Å². The van der Waals surface area contributed by atoms with E-state index in [2.05, 4.69) is 25.5 Å². The number of rotatable bonds is 6. The van der Waals surface area contributed by atoms with Crippen LogP contribution >= 0.6 is 11.8 Å². The Morgan fingerprint density at radius 3 is 2.89 bits per heavy atom. The first-order valence-electron chi connectivity index (χ1n) is 5.88. The molecular weight excluding hydrogens is 264 g/mol. The Morgan fingerprint density at radius 1 is 1.42 bits per heavy atom. The number of aryl methyl sites for hydroxylation is 1. The average Bonchev–Trinajstić information content (AvgIpc) is 2.81. The topological polar surface area (TPSA) is 77.8 Å². The number of hydrogen-bond acceptors (Lipinski definition) is 7. The van der Waals surface area contributed by atoms with Gasteiger partial charge in [0.25, 0.3) is 0 Å². The molecule has 0 aliphatic rings. The van der Waals surface area contributed by atoms with Crippen molar-refractivity contribution in [3.63, 3.8) is 0 Å². The molecule has 0 amide bonds. The third kappa shape index (κ3) is 3.65. The quantitative estimate of drug-likeness (QED) is 0.800. The van der Waals surface area contributed by atoms with Gasteiger partial charge in [0.05, 0.1) is 0 Å². The number of hydrogen-bond donors (Lipinski definition) is 1. The highest BCUT2D eigenvalue weighted by Gasteiger charge is 2.09. The first-order valence-corrected chi connectivity index (χ1v) is 6.70. The SMILES string of the molecule is CCOCc1nc(NC)cc(Sc2nncn2C)n1. The number of anilines is 1. The van der Waals surface area contributed by atoms with E-state index in [1.807, 2.05) is 31.7 Å². The lowest BCUT2D eigenvalue weighted by molar-refractivity contribution is 0.128. The van der Waals surface area contributed by atoms with E-state index in [9.17, 15) is 0 Å². The number of nitrogens with zero attached hydrogens (tertiary/aromatic N) is 5. The van der Waals surface area contributed by atoms with Crippen LogP contribution in [0, 0.1) is 0 Å². The van der Waals surface area contributed by atoms with Gasteiger partial charge in [0.2, 0.25) is 0 Å². The molecule has 0 aliphatic carbocycles. The molecule has 0 saturated heterocycles. The van der Waals surface area contributed by atoms with E-state index in [4.69, 9.17) is 4.74 Å². The summed E-state index contributed by atoms with van der Waals surface area (Å²) >= 11 is 1.44. The van der Waals surface area contributed by atoms with Crippen molar-refractivity contribution in [1.29, 1.82) is 0 Å². The zero-order valence-electron chi connectivity index (χ0n) is 11.1. The van der Waals surface area contributed by atoms with Crippen LogP contribution in [0.4, 0.5) is 5.82 Å². The molecule has 0 fully saturated rings. The summed E-state index contributed by atoms with van der Waals surface area (Å²) in [6, 6.07) is 1.87. The van der Waals surface area contributed by atoms with Gasteiger partial charge in [-0.05, 0) is 18.7 Å². The molecule has 19 heavy (non-hydrogen) atoms. The molecule has 8 heteroatoms. The first-order chi connectivity index (χ1) is 9.22. The van der Waals surface area contributed by atoms with E-state index in [1.54, 1.807) is 6.33 Å². The second-order valence-corrected chi connectivity index (χ2v) is 4.71. The molecule has 0 radical (unpaired) electrons. The predicted octanol–water partition coefficient (Wildman–Crippen LogP) is 1.33. The minimum absolute atomic E-state index is 0.401. The van der Waals surface area contributed by atoms with Gasteiger partial charge in [-0.3, -0.25) is 0 Å². The smallest absolute Gasteiger partial charge is 0.197 e. The minimum atomic E-state index is 0.401. The van der Waals surface area contributed by atoms with E-state index in [1.165, 1.54) is 11.8 Å². The summed E-state index contributed by atoms with van der Waals surface area (Å²) in [7, 11) is 3.72. The lowest BCUT2D eigenvalue weighted by Crippen LogP contribution is -2.03. The van der Waals surface area contributed by atoms with Crippen molar-refractivity contribution in [2.75, 3.05) is 19.0 Å². The molecule has 0 atom stereocenters. The van der Waals surface area contributed by atoms with Crippen molar-refractivity contribution in [1.82, 2.24) is 24.7 Å². The van der Waals surface area contributed by atoms with Crippen LogP contribution in [0.3, 0.4) is 0 Å². The molecule has 2 aromatic heterocycles. The summed E-state index contributed by atoms with van der Waals surface area (Å²) in [6.45, 7) is 2.98. The van der Waals surface area contributed by atoms with E-state index < -0.39 is 0 Å². The Morgan fingerprint density at radius 2 is 2.26 bits per heavy atom. The highest BCUT2D eigenvalue weighted by atomic mass is 32.2. The molecule has 102 valence electrons. The van der Waals surface area contributed by atoms with Crippen LogP contribution in [0.5, 0.6) is 0 Å². The first kappa shape index (κ1) is 13.8. The molecule has 7 nitrogen and oxygen atoms in total. The van der Waals surface area contributed by atoms with Gasteiger partial charge in [-0.25, -0.2) is 9.97 Å². The predicted molar refractivity (Wildman–Crippen MR) is 72.0 cm³/mol. The zero-order valence-corrected chi connectivity index (χ0v) is 11.9. The number of aromatic nitrogens is 5. The van der Waals surface area contributed by atoms with Gasteiger partial charge in [0.1, 0.15) is 23.8 Å². The molecular formula is C11H16N6OS. The molecule has 0 saturated carbocycles. The molecule has 2 aromatic rings. The van der Waals surface area contributed by atoms with Crippen LogP contribution in [0.15, 0.2) is 22.6 Å². The summed E-state index contributed by atoms with van der Waals surface area (Å²) in [5.41, 5.74) is 0. The van der Waals surface area contributed by atoms with E-state index in [0.29, 0.717) is 19.0 Å². The zero-order chi connectivity index (χ0) is 13.7. The van der Waals surface area contributed by atoms with Crippen LogP contribution in [0.2, 0.25) is 0 Å². The van der Waals surface area contributed by atoms with Gasteiger partial charge >= 0.3 is 0 Å². The molecule has 0 bridgehead atoms. The van der Waals surface area contributed by atoms with Crippen molar-refractivity contribution in [2.45, 2.75) is 23.7 Å². The van der Waals surface area contributed by atoms with Gasteiger partial charge in [0, 0.05) is 26.8 Å². The largest absolute Gasteiger partial charge is 0.374 e. The van der Waals surface area contributed by atoms with Crippen molar-refractivity contribution in [2.24, 2.45) is 7.05 Å². The van der Waals surface area contributed by atoms with E-state index in [0.717, 1.165) is 16.0 Å². The fourth-order valence-electron chi connectivity index (χ4n) is 1.37. The van der Waals surface area contributed by atoms with Crippen molar-refractivity contribution in [3.05, 3.63) is 18.2 Å². The second kappa shape index (κ2) is 6.48. The summed E-state index contributed by atoms with van der Waals surface area (Å²) in [5.74, 6) is 1.41. The van der Waals surface area contributed by atoms with Gasteiger partial charge in [-0.1, -0.05) is 0 Å². The summed E-state index contributed by atoms with van der Waals surface area (Å²) in [6.07, 6.45) is 1.66. The lowest BCUT2D eigenvalue weighted by atomic mass is 10.5. The molecule has 2 rings (SSSR count). The summed E-state index contributed by atoms with van der Waals surface area (Å²) in [5, 5.41) is 12.5. The van der Waals surface area contributed by atoms with Crippen LogP contribution in [-0.4, -0.2) is 38.4 Å². The molecule has 1 N–H and O–H groups in total. The molecule has 2 heterocycles. The highest BCUT2D eigenvalue weighted by molar-refractivity contribution is 7.99. The van der Waals surface area contributed by atoms with Crippen LogP contribution in [-0.2, 0) is 18.4 Å². The molecule has 0 unspecified atom stereocenters. The molecule has 0 spiro atoms. The second-order valence-electron chi connectivity index (χ2n) is 3.72. The maximum Gasteiger partial charge on any atom is 0.197 e. The van der Waals surface area contributed by atoms with Gasteiger partial charge in [-0.15, -0.1) is 10.2 Å². The normalized spacial score (nSPS) is 10.7. The Kier molecular flexibility index (Phi) is 4.69. The fraction of sp³-hybridized carbons (Fsp3) is 0.455. The summed E-state index contributed by atoms with van der Waals surface area (Å²) < 4.78 is 7.18. The maximum absolute atomic E-state index is 5.34. The average molecular weight is 280 g/mol. The van der Waals surface area contributed by atoms with Crippen molar-refractivity contribution >= 4 is 17.6 Å². The minimum Gasteiger partial charge on any atom is -0.374 e. The maximum atomic E-state index is 5.34. The van der Waals surface area contributed by atoms with E-state index >= 15 is 0 Å². The summed E-state index contributed by atoms with van der Waals surface area (Å²) in [4.78, 5) is 8.78. The Labute approximate surface area is 115 Å². The number of ether oxygens (including phenoxy) is 1. The third-order valence-corrected chi connectivity index (χ3v) is 3.28. The van der Waals surface area contributed by atoms with Crippen molar-refractivity contribution < 1.29 is 4.74 Å². The van der Waals surface area contributed by atoms with Crippen LogP contribution in [0.1, 0.15) is 12.7 Å². The van der Waals surface area contributed by atoms with E-state index in [-0.39, 0.29) is 0 Å². The standard InChI is InChI=1S/C11H16N6OS/c1-4-18-6-9-14-8(12-2)5-10(15-9)19-11-16-13-7-17(11)3/h5,7H,4,6H2,1-3H3,(H,12,14,15). The number of nitrogens with one attached hydrogen (secondary N) is 1. The Balaban J connectivity index is 2.21. The van der Waals surface area contributed by atoms with Crippen LogP contribution < -0.4 is 5.32 Å². The highest BCUT2D eigenvalue weighted by Crippen LogP contribution is 2.25. The molecule has 0 aromatic carbocycles. The lowest BCUT2D eigenvalue weighted by Gasteiger charge is -2.07. The van der Waals surface area contributed by atoms with Gasteiger partial charge < -0.3 is 14.6 Å². The Bertz CT molecular complexity index is 544. The Hall–Kier alpha value is -1.67. The van der Waals surface area contributed by atoms with Gasteiger partial charge in [0.15, 0.2) is 11.0 Å². The van der Waals surface area contributed by atoms with Crippen LogP contribution in [0.25, 0.3) is 0 Å². The third-order valence-electron chi connectivity index (χ3n) is 2.31. The van der Waals surface area contributed by atoms with Gasteiger partial charge in [-0.2, -0.15) is 0 Å². The monoisotopic (exact) mass is 280 g/mol. The fourth-order valence-corrected chi connectivity index (χ4v) is 2.16.